The van der Waals surface area contributed by atoms with Gasteiger partial charge in [0.25, 0.3) is 0 Å². The second kappa shape index (κ2) is 10.6. The summed E-state index contributed by atoms with van der Waals surface area (Å²) in [6.45, 7) is 1.15. The Morgan fingerprint density at radius 2 is 1.41 bits per heavy atom. The molecule has 3 aromatic rings. The van der Waals surface area contributed by atoms with E-state index in [9.17, 15) is 40.4 Å². The largest absolute Gasteiger partial charge is 0.611 e. The molecule has 11 heteroatoms. The summed E-state index contributed by atoms with van der Waals surface area (Å²) in [7, 11) is 0. The summed E-state index contributed by atoms with van der Waals surface area (Å²) in [5.41, 5.74) is -6.33. The fraction of sp³-hybridized carbons (Fsp3) is 0.400. The van der Waals surface area contributed by atoms with Crippen molar-refractivity contribution in [1.29, 1.82) is 0 Å². The molecule has 1 aliphatic carbocycles. The van der Waals surface area contributed by atoms with Crippen LogP contribution in [0.25, 0.3) is 0 Å². The Bertz CT molecular complexity index is 1350. The minimum atomic E-state index is -6.23. The van der Waals surface area contributed by atoms with Crippen LogP contribution in [-0.4, -0.2) is 40.0 Å². The van der Waals surface area contributed by atoms with E-state index in [0.717, 1.165) is 24.1 Å². The number of rotatable bonds is 7. The Morgan fingerprint density at radius 3 is 1.98 bits per heavy atom. The molecule has 2 fully saturated rings. The third kappa shape index (κ3) is 5.26. The molecule has 1 aliphatic heterocycles. The summed E-state index contributed by atoms with van der Waals surface area (Å²) < 4.78 is 108. The van der Waals surface area contributed by atoms with Gasteiger partial charge in [-0.15, -0.1) is 0 Å². The molecular weight excluding hydrogens is 571 g/mol. The lowest BCUT2D eigenvalue weighted by Crippen LogP contribution is -2.50. The third-order valence-corrected chi connectivity index (χ3v) is 10.2. The molecule has 0 amide bonds. The maximum atomic E-state index is 14.7. The molecule has 3 nitrogen and oxygen atoms in total. The molecule has 2 atom stereocenters. The third-order valence-electron chi connectivity index (χ3n) is 8.27. The Hall–Kier alpha value is -2.60. The summed E-state index contributed by atoms with van der Waals surface area (Å²) in [5.74, 6) is 0. The molecule has 1 saturated carbocycles. The maximum absolute atomic E-state index is 14.7. The van der Waals surface area contributed by atoms with Crippen molar-refractivity contribution in [2.75, 3.05) is 13.1 Å². The molecular formula is C30H28F7NO2S. The van der Waals surface area contributed by atoms with E-state index >= 15 is 0 Å². The van der Waals surface area contributed by atoms with Gasteiger partial charge in [0, 0.05) is 30.6 Å². The van der Waals surface area contributed by atoms with Gasteiger partial charge in [-0.1, -0.05) is 66.7 Å². The van der Waals surface area contributed by atoms with Crippen molar-refractivity contribution in [3.63, 3.8) is 0 Å². The zero-order chi connectivity index (χ0) is 29.7. The number of likely N-dealkylation sites (tertiary alicyclic amines) is 1. The van der Waals surface area contributed by atoms with Gasteiger partial charge in [-0.05, 0) is 53.7 Å². The van der Waals surface area contributed by atoms with Crippen molar-refractivity contribution in [2.45, 2.75) is 65.5 Å². The zero-order valence-corrected chi connectivity index (χ0v) is 22.6. The van der Waals surface area contributed by atoms with Gasteiger partial charge in [0.05, 0.1) is 12.1 Å². The first-order valence-electron chi connectivity index (χ1n) is 13.1. The molecule has 1 heterocycles. The van der Waals surface area contributed by atoms with Crippen molar-refractivity contribution < 1.29 is 40.4 Å². The Balaban J connectivity index is 1.54. The number of hydrogen-bond acceptors (Lipinski definition) is 3. The predicted octanol–water partition coefficient (Wildman–Crippen LogP) is 7.26. The summed E-state index contributed by atoms with van der Waals surface area (Å²) in [6, 6.07) is 19.2. The van der Waals surface area contributed by atoms with Crippen LogP contribution in [0.2, 0.25) is 0 Å². The van der Waals surface area contributed by atoms with Crippen LogP contribution in [0, 0.1) is 0 Å². The smallest absolute Gasteiger partial charge is 0.435 e. The van der Waals surface area contributed by atoms with Crippen LogP contribution in [0.1, 0.15) is 47.9 Å². The quantitative estimate of drug-likeness (QED) is 0.230. The summed E-state index contributed by atoms with van der Waals surface area (Å²) in [4.78, 5) is 2.41. The Morgan fingerprint density at radius 1 is 0.780 bits per heavy atom. The summed E-state index contributed by atoms with van der Waals surface area (Å²) in [5, 5.41) is 10.9. The Kier molecular flexibility index (Phi) is 7.72. The second-order valence-corrected chi connectivity index (χ2v) is 12.6. The summed E-state index contributed by atoms with van der Waals surface area (Å²) >= 11 is -1.82. The minimum Gasteiger partial charge on any atom is -0.611 e. The molecule has 0 radical (unpaired) electrons. The van der Waals surface area contributed by atoms with Crippen molar-refractivity contribution in [3.05, 3.63) is 101 Å². The highest BCUT2D eigenvalue weighted by molar-refractivity contribution is 7.92. The average Bonchev–Trinajstić information content (AvgIpc) is 3.35. The average molecular weight is 600 g/mol. The van der Waals surface area contributed by atoms with Crippen LogP contribution < -0.4 is 0 Å². The number of alkyl halides is 7. The first-order valence-corrected chi connectivity index (χ1v) is 14.3. The molecule has 0 bridgehead atoms. The van der Waals surface area contributed by atoms with Crippen molar-refractivity contribution >= 4 is 11.2 Å². The van der Waals surface area contributed by atoms with Crippen molar-refractivity contribution in [2.24, 2.45) is 0 Å². The van der Waals surface area contributed by atoms with E-state index in [1.54, 1.807) is 24.3 Å². The van der Waals surface area contributed by atoms with Gasteiger partial charge in [-0.3, -0.25) is 4.90 Å². The lowest BCUT2D eigenvalue weighted by molar-refractivity contribution is -0.348. The lowest BCUT2D eigenvalue weighted by Gasteiger charge is -2.38. The van der Waals surface area contributed by atoms with Gasteiger partial charge in [-0.25, -0.2) is 4.39 Å². The standard InChI is InChI=1S/C30H28F7NO2S/c31-28(29(32,33)34,30(35,36)37)23-12-10-22(11-13-23)27(16-17-38(20-27)19-21-6-2-1-3-7-21)41(40)25-9-4-8-24(18-25)26(39)14-5-15-26/h1-4,6-13,18,39H,5,14-17,19-20H2. The number of halogens is 7. The molecule has 3 aromatic carbocycles. The zero-order valence-electron chi connectivity index (χ0n) is 21.8. The molecule has 41 heavy (non-hydrogen) atoms. The predicted molar refractivity (Wildman–Crippen MR) is 140 cm³/mol. The molecule has 2 unspecified atom stereocenters. The van der Waals surface area contributed by atoms with Gasteiger partial charge >= 0.3 is 18.0 Å². The fourth-order valence-corrected chi connectivity index (χ4v) is 7.56. The van der Waals surface area contributed by atoms with E-state index in [1.165, 1.54) is 0 Å². The lowest BCUT2D eigenvalue weighted by atomic mass is 9.75. The van der Waals surface area contributed by atoms with Crippen LogP contribution in [0.4, 0.5) is 30.7 Å². The van der Waals surface area contributed by atoms with Crippen molar-refractivity contribution in [3.8, 4) is 0 Å². The fourth-order valence-electron chi connectivity index (χ4n) is 5.75. The second-order valence-electron chi connectivity index (χ2n) is 10.9. The van der Waals surface area contributed by atoms with E-state index in [-0.39, 0.29) is 12.1 Å². The summed E-state index contributed by atoms with van der Waals surface area (Å²) in [6.07, 6.45) is -10.2. The van der Waals surface area contributed by atoms with Gasteiger partial charge in [-0.2, -0.15) is 26.3 Å². The first-order chi connectivity index (χ1) is 19.2. The van der Waals surface area contributed by atoms with Gasteiger partial charge in [0.1, 0.15) is 0 Å². The highest BCUT2D eigenvalue weighted by atomic mass is 32.2. The van der Waals surface area contributed by atoms with Crippen LogP contribution in [0.5, 0.6) is 0 Å². The molecule has 1 saturated heterocycles. The first kappa shape index (κ1) is 29.9. The number of benzene rings is 3. The molecule has 1 N–H and O–H groups in total. The SMILES string of the molecule is [O-][S+](c1cccc(C2(O)CCC2)c1)C1(c2ccc(C(F)(C(F)(F)F)C(F)(F)F)cc2)CCN(Cc2ccccc2)C1. The normalized spacial score (nSPS) is 22.4. The Labute approximate surface area is 236 Å². The van der Waals surface area contributed by atoms with Crippen LogP contribution in [-0.2, 0) is 33.7 Å². The molecule has 5 rings (SSSR count). The van der Waals surface area contributed by atoms with Crippen LogP contribution in [0.3, 0.4) is 0 Å². The molecule has 2 aliphatic rings. The van der Waals surface area contributed by atoms with E-state index in [1.807, 2.05) is 35.2 Å². The highest BCUT2D eigenvalue weighted by Crippen LogP contribution is 2.54. The van der Waals surface area contributed by atoms with Crippen LogP contribution in [0.15, 0.2) is 83.8 Å². The van der Waals surface area contributed by atoms with E-state index < -0.39 is 45.1 Å². The van der Waals surface area contributed by atoms with Crippen molar-refractivity contribution in [1.82, 2.24) is 4.90 Å². The molecule has 0 aromatic heterocycles. The van der Waals surface area contributed by atoms with Gasteiger partial charge < -0.3 is 9.66 Å². The van der Waals surface area contributed by atoms with Crippen LogP contribution >= 0.6 is 0 Å². The van der Waals surface area contributed by atoms with Gasteiger partial charge in [0.2, 0.25) is 0 Å². The van der Waals surface area contributed by atoms with Gasteiger partial charge in [0.15, 0.2) is 9.64 Å². The molecule has 220 valence electrons. The molecule has 0 spiro atoms. The number of hydrogen-bond donors (Lipinski definition) is 1. The monoisotopic (exact) mass is 599 g/mol. The number of aliphatic hydroxyl groups is 1. The van der Waals surface area contributed by atoms with E-state index in [4.69, 9.17) is 0 Å². The van der Waals surface area contributed by atoms with E-state index in [2.05, 4.69) is 0 Å². The number of nitrogens with zero attached hydrogens (tertiary/aromatic N) is 1. The minimum absolute atomic E-state index is 0.196. The maximum Gasteiger partial charge on any atom is 0.435 e. The highest BCUT2D eigenvalue weighted by Gasteiger charge is 2.73. The van der Waals surface area contributed by atoms with E-state index in [0.29, 0.717) is 54.9 Å². The topological polar surface area (TPSA) is 46.5 Å².